The van der Waals surface area contributed by atoms with Gasteiger partial charge in [-0.3, -0.25) is 0 Å². The molecule has 0 amide bonds. The van der Waals surface area contributed by atoms with E-state index in [1.54, 1.807) is 12.1 Å². The average Bonchev–Trinajstić information content (AvgIpc) is 2.80. The van der Waals surface area contributed by atoms with Crippen molar-refractivity contribution >= 4 is 0 Å². The van der Waals surface area contributed by atoms with E-state index in [9.17, 15) is 4.39 Å². The van der Waals surface area contributed by atoms with Crippen LogP contribution in [0, 0.1) is 11.7 Å². The van der Waals surface area contributed by atoms with Crippen LogP contribution in [0.3, 0.4) is 0 Å². The van der Waals surface area contributed by atoms with E-state index >= 15 is 0 Å². The summed E-state index contributed by atoms with van der Waals surface area (Å²) in [5.74, 6) is 1.30. The van der Waals surface area contributed by atoms with Gasteiger partial charge in [-0.1, -0.05) is 24.3 Å². The highest BCUT2D eigenvalue weighted by Gasteiger charge is 2.36. The molecule has 0 radical (unpaired) electrons. The van der Waals surface area contributed by atoms with Crippen molar-refractivity contribution in [3.8, 4) is 5.75 Å². The lowest BCUT2D eigenvalue weighted by Gasteiger charge is -2.46. The van der Waals surface area contributed by atoms with Crippen LogP contribution in [0.2, 0.25) is 0 Å². The third kappa shape index (κ3) is 2.74. The van der Waals surface area contributed by atoms with Crippen molar-refractivity contribution in [2.75, 3.05) is 19.6 Å². The summed E-state index contributed by atoms with van der Waals surface area (Å²) in [7, 11) is 0. The van der Waals surface area contributed by atoms with E-state index < -0.39 is 0 Å². The SMILES string of the molecule is Fc1ccc2c(c1)C(NC1CN3CCC1CC3)c1ccccc1CO2. The zero-order chi connectivity index (χ0) is 16.8. The zero-order valence-electron chi connectivity index (χ0n) is 14.2. The molecular weight excluding hydrogens is 315 g/mol. The summed E-state index contributed by atoms with van der Waals surface area (Å²) in [6.07, 6.45) is 2.52. The molecule has 2 aromatic rings. The standard InChI is InChI=1S/C21H23FN2O/c22-16-5-6-20-18(11-16)21(17-4-2-1-3-15(17)13-25-20)23-19-12-24-9-7-14(19)8-10-24/h1-6,11,14,19,21,23H,7-10,12-13H2. The largest absolute Gasteiger partial charge is 0.489 e. The van der Waals surface area contributed by atoms with Gasteiger partial charge in [0.2, 0.25) is 0 Å². The molecule has 0 spiro atoms. The van der Waals surface area contributed by atoms with Gasteiger partial charge in [-0.05, 0) is 61.2 Å². The first-order chi connectivity index (χ1) is 12.3. The molecule has 0 aliphatic carbocycles. The van der Waals surface area contributed by atoms with Crippen molar-refractivity contribution in [2.45, 2.75) is 31.5 Å². The zero-order valence-corrected chi connectivity index (χ0v) is 14.2. The van der Waals surface area contributed by atoms with Gasteiger partial charge in [0.1, 0.15) is 18.2 Å². The molecule has 6 rings (SSSR count). The molecule has 0 saturated carbocycles. The van der Waals surface area contributed by atoms with Gasteiger partial charge in [-0.25, -0.2) is 4.39 Å². The van der Waals surface area contributed by atoms with E-state index in [0.717, 1.165) is 23.8 Å². The summed E-state index contributed by atoms with van der Waals surface area (Å²) in [4.78, 5) is 2.54. The molecule has 2 aromatic carbocycles. The number of benzene rings is 2. The van der Waals surface area contributed by atoms with E-state index in [1.807, 2.05) is 6.07 Å². The summed E-state index contributed by atoms with van der Waals surface area (Å²) in [6.45, 7) is 4.07. The predicted octanol–water partition coefficient (Wildman–Crippen LogP) is 3.49. The van der Waals surface area contributed by atoms with Crippen LogP contribution >= 0.6 is 0 Å². The van der Waals surface area contributed by atoms with Crippen molar-refractivity contribution in [1.82, 2.24) is 10.2 Å². The highest BCUT2D eigenvalue weighted by Crippen LogP contribution is 2.38. The Hall–Kier alpha value is -1.91. The van der Waals surface area contributed by atoms with Gasteiger partial charge in [-0.2, -0.15) is 0 Å². The molecule has 0 aromatic heterocycles. The second-order valence-corrected chi connectivity index (χ2v) is 7.51. The Morgan fingerprint density at radius 1 is 1.04 bits per heavy atom. The van der Waals surface area contributed by atoms with Gasteiger partial charge in [0.15, 0.2) is 0 Å². The van der Waals surface area contributed by atoms with E-state index in [0.29, 0.717) is 12.6 Å². The number of fused-ring (bicyclic) bond motifs is 5. The predicted molar refractivity (Wildman–Crippen MR) is 95.1 cm³/mol. The van der Waals surface area contributed by atoms with Gasteiger partial charge in [0.05, 0.1) is 6.04 Å². The molecule has 4 aliphatic rings. The molecule has 1 N–H and O–H groups in total. The third-order valence-corrected chi connectivity index (χ3v) is 6.07. The molecule has 130 valence electrons. The summed E-state index contributed by atoms with van der Waals surface area (Å²) in [5.41, 5.74) is 3.31. The summed E-state index contributed by atoms with van der Waals surface area (Å²) >= 11 is 0. The van der Waals surface area contributed by atoms with Crippen LogP contribution in [-0.2, 0) is 6.61 Å². The Morgan fingerprint density at radius 3 is 2.68 bits per heavy atom. The number of rotatable bonds is 2. The van der Waals surface area contributed by atoms with Gasteiger partial charge in [0.25, 0.3) is 0 Å². The molecule has 3 nitrogen and oxygen atoms in total. The number of nitrogens with zero attached hydrogens (tertiary/aromatic N) is 1. The number of piperidine rings is 3. The lowest BCUT2D eigenvalue weighted by molar-refractivity contribution is 0.0691. The number of halogens is 1. The van der Waals surface area contributed by atoms with Crippen LogP contribution in [0.4, 0.5) is 4.39 Å². The van der Waals surface area contributed by atoms with Crippen LogP contribution in [0.25, 0.3) is 0 Å². The topological polar surface area (TPSA) is 24.5 Å². The molecule has 25 heavy (non-hydrogen) atoms. The van der Waals surface area contributed by atoms with Crippen LogP contribution in [-0.4, -0.2) is 30.6 Å². The molecule has 2 unspecified atom stereocenters. The van der Waals surface area contributed by atoms with Crippen molar-refractivity contribution in [2.24, 2.45) is 5.92 Å². The maximum atomic E-state index is 14.0. The van der Waals surface area contributed by atoms with Gasteiger partial charge in [-0.15, -0.1) is 0 Å². The summed E-state index contributed by atoms with van der Waals surface area (Å²) < 4.78 is 20.0. The van der Waals surface area contributed by atoms with Crippen LogP contribution < -0.4 is 10.1 Å². The molecule has 4 heterocycles. The number of hydrogen-bond donors (Lipinski definition) is 1. The third-order valence-electron chi connectivity index (χ3n) is 6.07. The van der Waals surface area contributed by atoms with Crippen molar-refractivity contribution in [3.63, 3.8) is 0 Å². The minimum atomic E-state index is -0.206. The Kier molecular flexibility index (Phi) is 3.75. The highest BCUT2D eigenvalue weighted by molar-refractivity contribution is 5.46. The van der Waals surface area contributed by atoms with E-state index in [4.69, 9.17) is 4.74 Å². The molecule has 4 heteroatoms. The summed E-state index contributed by atoms with van der Waals surface area (Å²) in [6, 6.07) is 13.7. The molecule has 4 aliphatic heterocycles. The number of nitrogens with one attached hydrogen (secondary N) is 1. The smallest absolute Gasteiger partial charge is 0.125 e. The van der Waals surface area contributed by atoms with Crippen molar-refractivity contribution in [3.05, 3.63) is 65.0 Å². The van der Waals surface area contributed by atoms with Crippen LogP contribution in [0.1, 0.15) is 35.6 Å². The van der Waals surface area contributed by atoms with Gasteiger partial charge in [0, 0.05) is 18.2 Å². The first kappa shape index (κ1) is 15.4. The van der Waals surface area contributed by atoms with E-state index in [-0.39, 0.29) is 11.9 Å². The lowest BCUT2D eigenvalue weighted by Crippen LogP contribution is -2.56. The average molecular weight is 338 g/mol. The fraction of sp³-hybridized carbons (Fsp3) is 0.429. The molecule has 2 atom stereocenters. The first-order valence-corrected chi connectivity index (χ1v) is 9.26. The molecular formula is C21H23FN2O. The normalized spacial score (nSPS) is 30.1. The Bertz CT molecular complexity index is 785. The fourth-order valence-electron chi connectivity index (χ4n) is 4.69. The lowest BCUT2D eigenvalue weighted by atomic mass is 9.82. The minimum Gasteiger partial charge on any atom is -0.489 e. The Balaban J connectivity index is 1.56. The molecule has 3 saturated heterocycles. The maximum absolute atomic E-state index is 14.0. The maximum Gasteiger partial charge on any atom is 0.125 e. The van der Waals surface area contributed by atoms with Crippen molar-refractivity contribution < 1.29 is 9.13 Å². The number of ether oxygens (including phenoxy) is 1. The quantitative estimate of drug-likeness (QED) is 0.907. The fourth-order valence-corrected chi connectivity index (χ4v) is 4.69. The van der Waals surface area contributed by atoms with Crippen molar-refractivity contribution in [1.29, 1.82) is 0 Å². The Labute approximate surface area is 147 Å². The molecule has 2 bridgehead atoms. The Morgan fingerprint density at radius 2 is 1.88 bits per heavy atom. The first-order valence-electron chi connectivity index (χ1n) is 9.26. The summed E-state index contributed by atoms with van der Waals surface area (Å²) in [5, 5.41) is 3.88. The van der Waals surface area contributed by atoms with Gasteiger partial charge >= 0.3 is 0 Å². The minimum absolute atomic E-state index is 0.0186. The van der Waals surface area contributed by atoms with E-state index in [1.165, 1.54) is 43.1 Å². The van der Waals surface area contributed by atoms with Gasteiger partial charge < -0.3 is 15.0 Å². The second kappa shape index (κ2) is 6.11. The molecule has 3 fully saturated rings. The van der Waals surface area contributed by atoms with Crippen LogP contribution in [0.15, 0.2) is 42.5 Å². The second-order valence-electron chi connectivity index (χ2n) is 7.51. The van der Waals surface area contributed by atoms with E-state index in [2.05, 4.69) is 28.4 Å². The van der Waals surface area contributed by atoms with Crippen LogP contribution in [0.5, 0.6) is 5.75 Å². The monoisotopic (exact) mass is 338 g/mol. The number of hydrogen-bond acceptors (Lipinski definition) is 3. The highest BCUT2D eigenvalue weighted by atomic mass is 19.1.